The van der Waals surface area contributed by atoms with Crippen molar-refractivity contribution in [2.75, 3.05) is 0 Å². The summed E-state index contributed by atoms with van der Waals surface area (Å²) >= 11 is 4.51. The second-order valence-electron chi connectivity index (χ2n) is 2.93. The standard InChI is InChI=1S/C9H10BrN3O2S/c1-5(8(14)13-9(11)15)16-7-3-2-6(10)4-12-7/h2-5H,1H3,(H3,11,13,14,15)/t5-/m1/s1. The van der Waals surface area contributed by atoms with Gasteiger partial charge in [-0.3, -0.25) is 10.1 Å². The fourth-order valence-corrected chi connectivity index (χ4v) is 1.91. The molecule has 7 heteroatoms. The Morgan fingerprint density at radius 3 is 2.75 bits per heavy atom. The Morgan fingerprint density at radius 1 is 1.56 bits per heavy atom. The number of amides is 3. The highest BCUT2D eigenvalue weighted by Gasteiger charge is 2.16. The predicted molar refractivity (Wildman–Crippen MR) is 65.0 cm³/mol. The lowest BCUT2D eigenvalue weighted by Gasteiger charge is -2.08. The zero-order chi connectivity index (χ0) is 12.1. The largest absolute Gasteiger partial charge is 0.351 e. The SMILES string of the molecule is C[C@@H](Sc1ccc(Br)cn1)C(=O)NC(N)=O. The van der Waals surface area contributed by atoms with Crippen LogP contribution in [0.25, 0.3) is 0 Å². The van der Waals surface area contributed by atoms with Crippen LogP contribution >= 0.6 is 27.7 Å². The molecule has 1 aromatic rings. The minimum atomic E-state index is -0.846. The minimum Gasteiger partial charge on any atom is -0.351 e. The van der Waals surface area contributed by atoms with Gasteiger partial charge < -0.3 is 5.73 Å². The van der Waals surface area contributed by atoms with Gasteiger partial charge in [0.2, 0.25) is 5.91 Å². The van der Waals surface area contributed by atoms with Crippen molar-refractivity contribution in [2.45, 2.75) is 17.2 Å². The molecule has 0 saturated carbocycles. The quantitative estimate of drug-likeness (QED) is 0.829. The van der Waals surface area contributed by atoms with E-state index in [0.717, 1.165) is 4.47 Å². The van der Waals surface area contributed by atoms with E-state index in [1.165, 1.54) is 11.8 Å². The highest BCUT2D eigenvalue weighted by Crippen LogP contribution is 2.22. The Morgan fingerprint density at radius 2 is 2.25 bits per heavy atom. The molecule has 1 rings (SSSR count). The van der Waals surface area contributed by atoms with Gasteiger partial charge >= 0.3 is 6.03 Å². The summed E-state index contributed by atoms with van der Waals surface area (Å²) in [5.74, 6) is -0.429. The van der Waals surface area contributed by atoms with Crippen molar-refractivity contribution in [3.63, 3.8) is 0 Å². The van der Waals surface area contributed by atoms with E-state index in [9.17, 15) is 9.59 Å². The molecular weight excluding hydrogens is 294 g/mol. The van der Waals surface area contributed by atoms with Gasteiger partial charge in [-0.1, -0.05) is 11.8 Å². The van der Waals surface area contributed by atoms with E-state index in [0.29, 0.717) is 5.03 Å². The van der Waals surface area contributed by atoms with Gasteiger partial charge in [0.1, 0.15) is 0 Å². The van der Waals surface area contributed by atoms with E-state index in [1.807, 2.05) is 11.4 Å². The molecule has 1 atom stereocenters. The van der Waals surface area contributed by atoms with Gasteiger partial charge in [-0.25, -0.2) is 9.78 Å². The molecule has 0 saturated heterocycles. The van der Waals surface area contributed by atoms with Crippen LogP contribution in [-0.4, -0.2) is 22.2 Å². The van der Waals surface area contributed by atoms with Crippen LogP contribution in [0.3, 0.4) is 0 Å². The van der Waals surface area contributed by atoms with Crippen molar-refractivity contribution in [3.8, 4) is 0 Å². The lowest BCUT2D eigenvalue weighted by molar-refractivity contribution is -0.119. The number of carbonyl (C=O) groups excluding carboxylic acids is 2. The summed E-state index contributed by atoms with van der Waals surface area (Å²) in [5, 5.41) is 2.29. The molecule has 1 aromatic heterocycles. The third-order valence-corrected chi connectivity index (χ3v) is 3.13. The van der Waals surface area contributed by atoms with Gasteiger partial charge in [0, 0.05) is 10.7 Å². The molecule has 0 aromatic carbocycles. The van der Waals surface area contributed by atoms with Crippen LogP contribution < -0.4 is 11.1 Å². The summed E-state index contributed by atoms with van der Waals surface area (Å²) in [5.41, 5.74) is 4.84. The van der Waals surface area contributed by atoms with Gasteiger partial charge in [-0.05, 0) is 35.0 Å². The molecule has 0 spiro atoms. The van der Waals surface area contributed by atoms with Crippen molar-refractivity contribution in [1.82, 2.24) is 10.3 Å². The average Bonchev–Trinajstić information content (AvgIpc) is 2.20. The molecule has 0 bridgehead atoms. The normalized spacial score (nSPS) is 11.9. The number of nitrogens with one attached hydrogen (secondary N) is 1. The van der Waals surface area contributed by atoms with Crippen molar-refractivity contribution in [3.05, 3.63) is 22.8 Å². The summed E-state index contributed by atoms with van der Waals surface area (Å²) in [6, 6.07) is 2.76. The Labute approximate surface area is 105 Å². The number of urea groups is 1. The zero-order valence-electron chi connectivity index (χ0n) is 8.44. The van der Waals surface area contributed by atoms with Crippen LogP contribution in [0.1, 0.15) is 6.92 Å². The first-order chi connectivity index (χ1) is 7.49. The summed E-state index contributed by atoms with van der Waals surface area (Å²) in [7, 11) is 0. The van der Waals surface area contributed by atoms with Crippen molar-refractivity contribution in [2.24, 2.45) is 5.73 Å². The number of aromatic nitrogens is 1. The Hall–Kier alpha value is -1.08. The fraction of sp³-hybridized carbons (Fsp3) is 0.222. The van der Waals surface area contributed by atoms with E-state index >= 15 is 0 Å². The van der Waals surface area contributed by atoms with E-state index in [1.54, 1.807) is 19.2 Å². The molecule has 86 valence electrons. The van der Waals surface area contributed by atoms with Crippen molar-refractivity contribution >= 4 is 39.6 Å². The fourth-order valence-electron chi connectivity index (χ4n) is 0.890. The highest BCUT2D eigenvalue weighted by molar-refractivity contribution is 9.10. The van der Waals surface area contributed by atoms with Crippen molar-refractivity contribution in [1.29, 1.82) is 0 Å². The van der Waals surface area contributed by atoms with Crippen LogP contribution in [0.2, 0.25) is 0 Å². The number of nitrogens with two attached hydrogens (primary N) is 1. The third-order valence-electron chi connectivity index (χ3n) is 1.61. The number of halogens is 1. The number of carbonyl (C=O) groups is 2. The summed E-state index contributed by atoms with van der Waals surface area (Å²) in [6.07, 6.45) is 1.64. The second kappa shape index (κ2) is 5.86. The van der Waals surface area contributed by atoms with Gasteiger partial charge in [0.05, 0.1) is 10.3 Å². The highest BCUT2D eigenvalue weighted by atomic mass is 79.9. The smallest absolute Gasteiger partial charge is 0.318 e. The van der Waals surface area contributed by atoms with Gasteiger partial charge in [-0.2, -0.15) is 0 Å². The van der Waals surface area contributed by atoms with Crippen LogP contribution in [0.15, 0.2) is 27.8 Å². The van der Waals surface area contributed by atoms with E-state index in [2.05, 4.69) is 20.9 Å². The molecule has 0 unspecified atom stereocenters. The zero-order valence-corrected chi connectivity index (χ0v) is 10.8. The Bertz CT molecular complexity index is 396. The topological polar surface area (TPSA) is 85.1 Å². The third kappa shape index (κ3) is 4.19. The second-order valence-corrected chi connectivity index (χ2v) is 5.20. The number of pyridine rings is 1. The number of hydrogen-bond donors (Lipinski definition) is 2. The maximum Gasteiger partial charge on any atom is 0.318 e. The average molecular weight is 304 g/mol. The minimum absolute atomic E-state index is 0.429. The molecular formula is C9H10BrN3O2S. The molecule has 3 amide bonds. The van der Waals surface area contributed by atoms with E-state index in [4.69, 9.17) is 5.73 Å². The maximum atomic E-state index is 11.4. The molecule has 16 heavy (non-hydrogen) atoms. The van der Waals surface area contributed by atoms with Crippen LogP contribution in [0.5, 0.6) is 0 Å². The molecule has 0 fully saturated rings. The van der Waals surface area contributed by atoms with Crippen LogP contribution in [0, 0.1) is 0 Å². The molecule has 1 heterocycles. The number of nitrogens with zero attached hydrogens (tertiary/aromatic N) is 1. The molecule has 3 N–H and O–H groups in total. The van der Waals surface area contributed by atoms with Crippen LogP contribution in [-0.2, 0) is 4.79 Å². The summed E-state index contributed by atoms with van der Waals surface area (Å²) in [4.78, 5) is 25.9. The van der Waals surface area contributed by atoms with Gasteiger partial charge in [0.25, 0.3) is 0 Å². The van der Waals surface area contributed by atoms with Crippen LogP contribution in [0.4, 0.5) is 4.79 Å². The van der Waals surface area contributed by atoms with E-state index in [-0.39, 0.29) is 0 Å². The number of thioether (sulfide) groups is 1. The molecule has 0 aliphatic carbocycles. The van der Waals surface area contributed by atoms with E-state index < -0.39 is 17.2 Å². The summed E-state index contributed by atoms with van der Waals surface area (Å²) < 4.78 is 0.867. The monoisotopic (exact) mass is 303 g/mol. The van der Waals surface area contributed by atoms with Crippen molar-refractivity contribution < 1.29 is 9.59 Å². The number of primary amides is 1. The predicted octanol–water partition coefficient (Wildman–Crippen LogP) is 1.52. The number of hydrogen-bond acceptors (Lipinski definition) is 4. The maximum absolute atomic E-state index is 11.4. The first-order valence-corrected chi connectivity index (χ1v) is 6.05. The van der Waals surface area contributed by atoms with Gasteiger partial charge in [0.15, 0.2) is 0 Å². The number of rotatable bonds is 3. The summed E-state index contributed by atoms with van der Waals surface area (Å²) in [6.45, 7) is 1.67. The first-order valence-electron chi connectivity index (χ1n) is 4.37. The molecule has 0 aliphatic rings. The first kappa shape index (κ1) is 13.0. The Kier molecular flexibility index (Phi) is 4.75. The lowest BCUT2D eigenvalue weighted by atomic mass is 10.4. The van der Waals surface area contributed by atoms with Gasteiger partial charge in [-0.15, -0.1) is 0 Å². The Balaban J connectivity index is 2.57. The number of imide groups is 1. The molecule has 0 aliphatic heterocycles. The lowest BCUT2D eigenvalue weighted by Crippen LogP contribution is -2.39. The molecule has 5 nitrogen and oxygen atoms in total. The molecule has 0 radical (unpaired) electrons.